The van der Waals surface area contributed by atoms with Crippen LogP contribution in [0.5, 0.6) is 5.88 Å². The number of rotatable bonds is 5. The van der Waals surface area contributed by atoms with Gasteiger partial charge in [-0.3, -0.25) is 9.71 Å². The molecule has 0 saturated carbocycles. The number of nitrogens with one attached hydrogen (secondary N) is 2. The van der Waals surface area contributed by atoms with Gasteiger partial charge in [-0.05, 0) is 47.9 Å². The summed E-state index contributed by atoms with van der Waals surface area (Å²) in [6.07, 6.45) is 3.13. The smallest absolute Gasteiger partial charge is 0.263 e. The van der Waals surface area contributed by atoms with Crippen LogP contribution in [-0.2, 0) is 10.0 Å². The quantitative estimate of drug-likeness (QED) is 0.267. The van der Waals surface area contributed by atoms with Gasteiger partial charge in [-0.15, -0.1) is 11.3 Å². The third-order valence-corrected chi connectivity index (χ3v) is 7.89. The summed E-state index contributed by atoms with van der Waals surface area (Å²) in [7, 11) is -3.85. The summed E-state index contributed by atoms with van der Waals surface area (Å²) in [5.74, 6) is 0.282. The summed E-state index contributed by atoms with van der Waals surface area (Å²) < 4.78 is 29.4. The Morgan fingerprint density at radius 3 is 2.69 bits per heavy atom. The number of H-pyrrole nitrogens is 1. The van der Waals surface area contributed by atoms with E-state index in [9.17, 15) is 13.5 Å². The maximum Gasteiger partial charge on any atom is 0.263 e. The van der Waals surface area contributed by atoms with Crippen molar-refractivity contribution in [1.29, 1.82) is 0 Å². The van der Waals surface area contributed by atoms with Gasteiger partial charge in [0, 0.05) is 23.2 Å². The van der Waals surface area contributed by atoms with Crippen molar-refractivity contribution in [2.75, 3.05) is 4.72 Å². The van der Waals surface area contributed by atoms with Crippen LogP contribution in [0.1, 0.15) is 5.56 Å². The van der Waals surface area contributed by atoms with E-state index in [2.05, 4.69) is 24.7 Å². The van der Waals surface area contributed by atoms with Crippen LogP contribution in [0.25, 0.3) is 31.9 Å². The van der Waals surface area contributed by atoms with E-state index < -0.39 is 10.0 Å². The van der Waals surface area contributed by atoms with Crippen LogP contribution in [0.4, 0.5) is 11.5 Å². The van der Waals surface area contributed by atoms with Crippen LogP contribution in [0.15, 0.2) is 88.3 Å². The van der Waals surface area contributed by atoms with Gasteiger partial charge in [-0.1, -0.05) is 24.3 Å². The number of hydrogen-bond donors (Lipinski definition) is 3. The van der Waals surface area contributed by atoms with E-state index in [4.69, 9.17) is 0 Å². The van der Waals surface area contributed by atoms with Gasteiger partial charge in [-0.2, -0.15) is 0 Å². The first-order valence-corrected chi connectivity index (χ1v) is 12.9. The summed E-state index contributed by atoms with van der Waals surface area (Å²) in [4.78, 5) is 16.0. The molecule has 172 valence electrons. The minimum absolute atomic E-state index is 0.00985. The van der Waals surface area contributed by atoms with Crippen molar-refractivity contribution in [3.63, 3.8) is 0 Å². The van der Waals surface area contributed by atoms with Crippen LogP contribution >= 0.6 is 11.3 Å². The molecule has 0 unspecified atom stereocenters. The molecular weight excluding hydrogens is 482 g/mol. The molecule has 3 aromatic carbocycles. The van der Waals surface area contributed by atoms with Crippen LogP contribution in [-0.4, -0.2) is 34.7 Å². The van der Waals surface area contributed by atoms with Crippen LogP contribution in [0.2, 0.25) is 0 Å². The molecule has 0 aliphatic heterocycles. The molecule has 35 heavy (non-hydrogen) atoms. The van der Waals surface area contributed by atoms with Gasteiger partial charge < -0.3 is 10.1 Å². The molecule has 0 bridgehead atoms. The number of hydrogen-bond acceptors (Lipinski definition) is 7. The normalized spacial score (nSPS) is 12.2. The monoisotopic (exact) mass is 499 g/mol. The van der Waals surface area contributed by atoms with Gasteiger partial charge in [0.05, 0.1) is 37.4 Å². The molecule has 0 saturated heterocycles. The molecule has 0 spiro atoms. The Bertz CT molecular complexity index is 1850. The number of aromatic amines is 1. The molecular formula is C25H17N5O3S2. The maximum atomic E-state index is 13.0. The van der Waals surface area contributed by atoms with E-state index in [-0.39, 0.29) is 16.6 Å². The highest BCUT2D eigenvalue weighted by Crippen LogP contribution is 2.34. The molecule has 6 rings (SSSR count). The lowest BCUT2D eigenvalue weighted by atomic mass is 10.1. The Balaban J connectivity index is 1.29. The first-order valence-electron chi connectivity index (χ1n) is 10.6. The Morgan fingerprint density at radius 2 is 1.83 bits per heavy atom. The Morgan fingerprint density at radius 1 is 1.00 bits per heavy atom. The Kier molecular flexibility index (Phi) is 4.97. The summed E-state index contributed by atoms with van der Waals surface area (Å²) in [6.45, 7) is 0. The molecule has 8 nitrogen and oxygen atoms in total. The number of aliphatic imine (C=N–C) groups is 1. The summed E-state index contributed by atoms with van der Waals surface area (Å²) in [5, 5.41) is 12.9. The fourth-order valence-electron chi connectivity index (χ4n) is 3.98. The van der Waals surface area contributed by atoms with E-state index in [0.29, 0.717) is 16.6 Å². The average molecular weight is 500 g/mol. The Labute approximate surface area is 203 Å². The molecule has 10 heteroatoms. The predicted octanol–water partition coefficient (Wildman–Crippen LogP) is 5.58. The van der Waals surface area contributed by atoms with Crippen molar-refractivity contribution in [2.24, 2.45) is 4.99 Å². The fourth-order valence-corrected chi connectivity index (χ4v) is 5.86. The van der Waals surface area contributed by atoms with Gasteiger partial charge in [0.2, 0.25) is 0 Å². The van der Waals surface area contributed by atoms with Gasteiger partial charge >= 0.3 is 0 Å². The van der Waals surface area contributed by atoms with Crippen molar-refractivity contribution in [1.82, 2.24) is 15.0 Å². The number of sulfonamides is 1. The number of benzene rings is 3. The molecule has 0 amide bonds. The highest BCUT2D eigenvalue weighted by molar-refractivity contribution is 7.92. The van der Waals surface area contributed by atoms with Crippen LogP contribution in [0.3, 0.4) is 0 Å². The van der Waals surface area contributed by atoms with Crippen molar-refractivity contribution in [3.05, 3.63) is 84.0 Å². The number of thiazole rings is 1. The summed E-state index contributed by atoms with van der Waals surface area (Å²) >= 11 is 1.49. The number of anilines is 1. The first kappa shape index (κ1) is 21.3. The summed E-state index contributed by atoms with van der Waals surface area (Å²) in [5.41, 5.74) is 4.48. The van der Waals surface area contributed by atoms with E-state index in [0.717, 1.165) is 26.5 Å². The molecule has 0 fully saturated rings. The van der Waals surface area contributed by atoms with E-state index in [1.54, 1.807) is 30.1 Å². The number of fused-ring (bicyclic) bond motifs is 4. The zero-order valence-electron chi connectivity index (χ0n) is 18.0. The topological polar surface area (TPSA) is 120 Å². The molecule has 0 atom stereocenters. The van der Waals surface area contributed by atoms with Gasteiger partial charge in [0.25, 0.3) is 10.0 Å². The second-order valence-electron chi connectivity index (χ2n) is 7.81. The molecule has 3 N–H and O–H groups in total. The van der Waals surface area contributed by atoms with E-state index in [1.165, 1.54) is 23.5 Å². The average Bonchev–Trinajstić information content (AvgIpc) is 3.46. The van der Waals surface area contributed by atoms with Crippen molar-refractivity contribution in [2.45, 2.75) is 4.90 Å². The second-order valence-corrected chi connectivity index (χ2v) is 10.4. The van der Waals surface area contributed by atoms with Crippen LogP contribution in [0, 0.1) is 0 Å². The van der Waals surface area contributed by atoms with Crippen molar-refractivity contribution < 1.29 is 13.5 Å². The minimum atomic E-state index is -3.85. The van der Waals surface area contributed by atoms with Crippen molar-refractivity contribution in [3.8, 4) is 5.88 Å². The predicted molar refractivity (Wildman–Crippen MR) is 139 cm³/mol. The number of aromatic hydroxyl groups is 1. The van der Waals surface area contributed by atoms with Gasteiger partial charge in [0.15, 0.2) is 5.88 Å². The summed E-state index contributed by atoms with van der Waals surface area (Å²) in [6, 6.07) is 19.2. The maximum absolute atomic E-state index is 13.0. The van der Waals surface area contributed by atoms with E-state index >= 15 is 0 Å². The van der Waals surface area contributed by atoms with Gasteiger partial charge in [-0.25, -0.2) is 18.4 Å². The lowest BCUT2D eigenvalue weighted by molar-refractivity contribution is 0.457. The molecule has 0 aliphatic rings. The molecule has 3 aromatic heterocycles. The molecule has 6 aromatic rings. The van der Waals surface area contributed by atoms with Crippen LogP contribution < -0.4 is 4.72 Å². The van der Waals surface area contributed by atoms with Gasteiger partial charge in [0.1, 0.15) is 5.82 Å². The highest BCUT2D eigenvalue weighted by Gasteiger charge is 2.17. The molecule has 0 radical (unpaired) electrons. The number of pyridine rings is 1. The van der Waals surface area contributed by atoms with E-state index in [1.807, 2.05) is 42.5 Å². The Hall–Kier alpha value is -4.28. The highest BCUT2D eigenvalue weighted by atomic mass is 32.2. The lowest BCUT2D eigenvalue weighted by Gasteiger charge is -2.10. The largest absolute Gasteiger partial charge is 0.494 e. The third kappa shape index (κ3) is 3.78. The standard InChI is InChI=1S/C25H17N5O3S2/c31-25-19(22-20(29-25)9-10-21-23(22)34-14-28-21)13-27-16-5-7-17(8-6-16)35(32,33)30-24-18-4-2-1-3-15(18)11-12-26-24/h1-14,29,31H,(H,26,30). The minimum Gasteiger partial charge on any atom is -0.494 e. The van der Waals surface area contributed by atoms with Crippen molar-refractivity contribution >= 4 is 71.0 Å². The SMILES string of the molecule is O=S(=O)(Nc1nccc2ccccc12)c1ccc(N=Cc2c(O)[nH]c3ccc4ncsc4c23)cc1. The number of nitrogens with zero attached hydrogens (tertiary/aromatic N) is 3. The third-order valence-electron chi connectivity index (χ3n) is 5.67. The second kappa shape index (κ2) is 8.19. The fraction of sp³-hybridized carbons (Fsp3) is 0. The number of aromatic nitrogens is 3. The zero-order valence-corrected chi connectivity index (χ0v) is 19.6. The zero-order chi connectivity index (χ0) is 24.0. The first-order chi connectivity index (χ1) is 17.0. The lowest BCUT2D eigenvalue weighted by Crippen LogP contribution is -2.14. The molecule has 0 aliphatic carbocycles. The molecule has 3 heterocycles.